The van der Waals surface area contributed by atoms with Crippen LogP contribution in [0, 0.1) is 0 Å². The molecular weight excluding hydrogens is 124 g/mol. The maximum Gasteiger partial charge on any atom is 0.0417 e. The highest BCUT2D eigenvalue weighted by Crippen LogP contribution is 1.97. The first kappa shape index (κ1) is 9.40. The van der Waals surface area contributed by atoms with Crippen LogP contribution in [0.3, 0.4) is 0 Å². The van der Waals surface area contributed by atoms with Crippen molar-refractivity contribution in [3.63, 3.8) is 0 Å². The summed E-state index contributed by atoms with van der Waals surface area (Å²) in [6.07, 6.45) is 7.61. The molecule has 0 aromatic rings. The second-order valence-corrected chi connectivity index (χ2v) is 1.92. The molecular formula is C8H16N2. The number of nitrogens with two attached hydrogens (primary N) is 2. The van der Waals surface area contributed by atoms with Crippen LogP contribution in [-0.2, 0) is 0 Å². The molecule has 0 fully saturated rings. The van der Waals surface area contributed by atoms with Crippen molar-refractivity contribution in [3.05, 3.63) is 24.3 Å². The molecule has 1 aliphatic rings. The van der Waals surface area contributed by atoms with E-state index < -0.39 is 0 Å². The van der Waals surface area contributed by atoms with Crippen LogP contribution < -0.4 is 11.5 Å². The molecule has 2 heteroatoms. The van der Waals surface area contributed by atoms with E-state index in [1.807, 2.05) is 38.2 Å². The summed E-state index contributed by atoms with van der Waals surface area (Å²) in [5.41, 5.74) is 11.0. The molecule has 0 aliphatic heterocycles. The van der Waals surface area contributed by atoms with Gasteiger partial charge in [-0.2, -0.15) is 0 Å². The van der Waals surface area contributed by atoms with Crippen LogP contribution in [0.15, 0.2) is 24.3 Å². The second kappa shape index (κ2) is 5.21. The van der Waals surface area contributed by atoms with Gasteiger partial charge in [-0.1, -0.05) is 38.2 Å². The van der Waals surface area contributed by atoms with E-state index in [0.29, 0.717) is 0 Å². The fourth-order valence-corrected chi connectivity index (χ4v) is 0.642. The Balaban J connectivity index is 0.000000371. The largest absolute Gasteiger partial charge is 0.323 e. The second-order valence-electron chi connectivity index (χ2n) is 1.92. The highest BCUT2D eigenvalue weighted by Gasteiger charge is 2.06. The Bertz CT molecular complexity index is 111. The molecule has 0 bridgehead atoms. The van der Waals surface area contributed by atoms with Crippen molar-refractivity contribution < 1.29 is 0 Å². The van der Waals surface area contributed by atoms with Crippen LogP contribution in [0.25, 0.3) is 0 Å². The van der Waals surface area contributed by atoms with Crippen LogP contribution in [0.5, 0.6) is 0 Å². The number of hydrogen-bond acceptors (Lipinski definition) is 2. The minimum atomic E-state index is 0.0139. The molecule has 10 heavy (non-hydrogen) atoms. The molecule has 0 aromatic heterocycles. The molecule has 1 rings (SSSR count). The maximum absolute atomic E-state index is 5.52. The average Bonchev–Trinajstić information content (AvgIpc) is 2.00. The Morgan fingerprint density at radius 2 is 1.20 bits per heavy atom. The molecule has 0 amide bonds. The molecule has 0 aromatic carbocycles. The smallest absolute Gasteiger partial charge is 0.0417 e. The van der Waals surface area contributed by atoms with Gasteiger partial charge in [-0.15, -0.1) is 0 Å². The third-order valence-corrected chi connectivity index (χ3v) is 1.22. The van der Waals surface area contributed by atoms with E-state index in [2.05, 4.69) is 0 Å². The summed E-state index contributed by atoms with van der Waals surface area (Å²) >= 11 is 0. The normalized spacial score (nSPS) is 29.2. The lowest BCUT2D eigenvalue weighted by atomic mass is 10.1. The van der Waals surface area contributed by atoms with Crippen molar-refractivity contribution in [3.8, 4) is 0 Å². The standard InChI is InChI=1S/C6H10N2.C2H6/c7-5-3-1-2-4-6(5)8;1-2/h1-6H,7-8H2;1-2H3. The van der Waals surface area contributed by atoms with Gasteiger partial charge in [0, 0.05) is 12.1 Å². The van der Waals surface area contributed by atoms with Crippen LogP contribution in [0.2, 0.25) is 0 Å². The van der Waals surface area contributed by atoms with Gasteiger partial charge in [0.15, 0.2) is 0 Å². The Kier molecular flexibility index (Phi) is 4.89. The minimum absolute atomic E-state index is 0.0139. The van der Waals surface area contributed by atoms with Gasteiger partial charge >= 0.3 is 0 Å². The minimum Gasteiger partial charge on any atom is -0.323 e. The van der Waals surface area contributed by atoms with Crippen molar-refractivity contribution in [1.29, 1.82) is 0 Å². The van der Waals surface area contributed by atoms with E-state index in [1.165, 1.54) is 0 Å². The van der Waals surface area contributed by atoms with E-state index >= 15 is 0 Å². The first-order chi connectivity index (χ1) is 4.80. The molecule has 2 nitrogen and oxygen atoms in total. The van der Waals surface area contributed by atoms with Gasteiger partial charge in [0.25, 0.3) is 0 Å². The van der Waals surface area contributed by atoms with Gasteiger partial charge in [-0.25, -0.2) is 0 Å². The monoisotopic (exact) mass is 140 g/mol. The summed E-state index contributed by atoms with van der Waals surface area (Å²) in [6.45, 7) is 4.00. The summed E-state index contributed by atoms with van der Waals surface area (Å²) in [5, 5.41) is 0. The fraction of sp³-hybridized carbons (Fsp3) is 0.500. The fourth-order valence-electron chi connectivity index (χ4n) is 0.642. The third-order valence-electron chi connectivity index (χ3n) is 1.22. The summed E-state index contributed by atoms with van der Waals surface area (Å²) < 4.78 is 0. The molecule has 0 saturated carbocycles. The summed E-state index contributed by atoms with van der Waals surface area (Å²) in [6, 6.07) is 0.0278. The Labute approximate surface area is 62.6 Å². The van der Waals surface area contributed by atoms with Gasteiger partial charge in [-0.3, -0.25) is 0 Å². The van der Waals surface area contributed by atoms with Crippen molar-refractivity contribution in [1.82, 2.24) is 0 Å². The van der Waals surface area contributed by atoms with Crippen LogP contribution in [0.4, 0.5) is 0 Å². The zero-order valence-corrected chi connectivity index (χ0v) is 6.62. The molecule has 0 radical (unpaired) electrons. The van der Waals surface area contributed by atoms with Gasteiger partial charge in [0.05, 0.1) is 0 Å². The first-order valence-electron chi connectivity index (χ1n) is 3.67. The van der Waals surface area contributed by atoms with E-state index in [1.54, 1.807) is 0 Å². The topological polar surface area (TPSA) is 52.0 Å². The van der Waals surface area contributed by atoms with Crippen molar-refractivity contribution in [2.45, 2.75) is 25.9 Å². The molecule has 4 N–H and O–H groups in total. The van der Waals surface area contributed by atoms with Crippen LogP contribution in [0.1, 0.15) is 13.8 Å². The van der Waals surface area contributed by atoms with Crippen LogP contribution >= 0.6 is 0 Å². The van der Waals surface area contributed by atoms with Gasteiger partial charge in [0.2, 0.25) is 0 Å². The first-order valence-corrected chi connectivity index (χ1v) is 3.67. The highest BCUT2D eigenvalue weighted by atomic mass is 14.8. The number of allylic oxidation sites excluding steroid dienone is 2. The Hall–Kier alpha value is -0.600. The highest BCUT2D eigenvalue weighted by molar-refractivity contribution is 5.18. The van der Waals surface area contributed by atoms with Crippen molar-refractivity contribution in [2.75, 3.05) is 0 Å². The lowest BCUT2D eigenvalue weighted by Crippen LogP contribution is -2.39. The van der Waals surface area contributed by atoms with Gasteiger partial charge in [0.1, 0.15) is 0 Å². The molecule has 2 atom stereocenters. The van der Waals surface area contributed by atoms with Gasteiger partial charge < -0.3 is 11.5 Å². The number of hydrogen-bond donors (Lipinski definition) is 2. The lowest BCUT2D eigenvalue weighted by Gasteiger charge is -2.13. The van der Waals surface area contributed by atoms with Crippen molar-refractivity contribution >= 4 is 0 Å². The Morgan fingerprint density at radius 3 is 1.40 bits per heavy atom. The van der Waals surface area contributed by atoms with E-state index in [-0.39, 0.29) is 12.1 Å². The van der Waals surface area contributed by atoms with Crippen LogP contribution in [-0.4, -0.2) is 12.1 Å². The lowest BCUT2D eigenvalue weighted by molar-refractivity contribution is 0.699. The molecule has 0 heterocycles. The van der Waals surface area contributed by atoms with E-state index in [0.717, 1.165) is 0 Å². The molecule has 1 aliphatic carbocycles. The third kappa shape index (κ3) is 2.80. The molecule has 0 saturated heterocycles. The summed E-state index contributed by atoms with van der Waals surface area (Å²) in [5.74, 6) is 0. The summed E-state index contributed by atoms with van der Waals surface area (Å²) in [4.78, 5) is 0. The predicted octanol–water partition coefficient (Wildman–Crippen LogP) is 0.793. The zero-order chi connectivity index (χ0) is 7.98. The molecule has 58 valence electrons. The zero-order valence-electron chi connectivity index (χ0n) is 6.62. The number of rotatable bonds is 0. The average molecular weight is 140 g/mol. The van der Waals surface area contributed by atoms with Crippen molar-refractivity contribution in [2.24, 2.45) is 11.5 Å². The SMILES string of the molecule is CC.NC1C=CC=CC1N. The van der Waals surface area contributed by atoms with E-state index in [4.69, 9.17) is 11.5 Å². The maximum atomic E-state index is 5.52. The molecule has 0 spiro atoms. The van der Waals surface area contributed by atoms with E-state index in [9.17, 15) is 0 Å². The Morgan fingerprint density at radius 1 is 0.900 bits per heavy atom. The summed E-state index contributed by atoms with van der Waals surface area (Å²) in [7, 11) is 0. The quantitative estimate of drug-likeness (QED) is 0.522. The predicted molar refractivity (Wildman–Crippen MR) is 45.6 cm³/mol. The van der Waals surface area contributed by atoms with Gasteiger partial charge in [-0.05, 0) is 0 Å². The molecule has 2 unspecified atom stereocenters.